The molecule has 1 aromatic rings. The summed E-state index contributed by atoms with van der Waals surface area (Å²) >= 11 is 0. The molecule has 0 aliphatic carbocycles. The van der Waals surface area contributed by atoms with E-state index in [9.17, 15) is 4.79 Å². The highest BCUT2D eigenvalue weighted by Gasteiger charge is 2.23. The molecule has 102 valence electrons. The average molecular weight is 260 g/mol. The number of ether oxygens (including phenoxy) is 1. The molecule has 1 aliphatic heterocycles. The van der Waals surface area contributed by atoms with Gasteiger partial charge in [-0.3, -0.25) is 4.79 Å². The average Bonchev–Trinajstić information content (AvgIpc) is 2.45. The zero-order chi connectivity index (χ0) is 13.7. The van der Waals surface area contributed by atoms with E-state index >= 15 is 0 Å². The third kappa shape index (κ3) is 3.35. The maximum Gasteiger partial charge on any atom is 0.254 e. The van der Waals surface area contributed by atoms with Crippen molar-refractivity contribution in [3.8, 4) is 5.75 Å². The molecule has 0 bridgehead atoms. The van der Waals surface area contributed by atoms with Crippen LogP contribution >= 0.6 is 0 Å². The molecule has 19 heavy (non-hydrogen) atoms. The maximum absolute atomic E-state index is 12.4. The lowest BCUT2D eigenvalue weighted by molar-refractivity contribution is 0.0656. The summed E-state index contributed by atoms with van der Waals surface area (Å²) in [5, 5.41) is 3.28. The van der Waals surface area contributed by atoms with Crippen molar-refractivity contribution in [3.63, 3.8) is 0 Å². The summed E-state index contributed by atoms with van der Waals surface area (Å²) in [5.74, 6) is 0.842. The molecule has 4 nitrogen and oxygen atoms in total. The zero-order valence-electron chi connectivity index (χ0n) is 11.3. The monoisotopic (exact) mass is 260 g/mol. The first-order valence-electron chi connectivity index (χ1n) is 6.58. The number of benzene rings is 1. The van der Waals surface area contributed by atoms with Crippen molar-refractivity contribution in [3.05, 3.63) is 42.5 Å². The molecular formula is C15H20N2O2. The number of nitrogens with zero attached hydrogens (tertiary/aromatic N) is 1. The Morgan fingerprint density at radius 3 is 2.89 bits per heavy atom. The predicted octanol–water partition coefficient (Wildman–Crippen LogP) is 1.69. The Labute approximate surface area is 114 Å². The molecular weight excluding hydrogens is 240 g/mol. The number of hydrogen-bond acceptors (Lipinski definition) is 3. The molecule has 1 aromatic carbocycles. The van der Waals surface area contributed by atoms with Gasteiger partial charge in [-0.25, -0.2) is 0 Å². The molecule has 0 spiro atoms. The molecule has 0 unspecified atom stereocenters. The van der Waals surface area contributed by atoms with Crippen LogP contribution < -0.4 is 10.1 Å². The number of piperazine rings is 1. The highest BCUT2D eigenvalue weighted by atomic mass is 16.5. The standard InChI is InChI=1S/C15H20N2O2/c1-3-10-19-14-6-4-13(5-7-14)15(18)17-9-8-16-11-12(17)2/h3-7,12,16H,1,8-11H2,2H3/t12-/m1/s1. The van der Waals surface area contributed by atoms with Crippen molar-refractivity contribution in [2.24, 2.45) is 0 Å². The summed E-state index contributed by atoms with van der Waals surface area (Å²) in [7, 11) is 0. The van der Waals surface area contributed by atoms with Gasteiger partial charge in [0.05, 0.1) is 0 Å². The van der Waals surface area contributed by atoms with Gasteiger partial charge in [0.15, 0.2) is 0 Å². The van der Waals surface area contributed by atoms with Crippen LogP contribution in [0.3, 0.4) is 0 Å². The SMILES string of the molecule is C=CCOc1ccc(C(=O)N2CCNC[C@H]2C)cc1. The van der Waals surface area contributed by atoms with Crippen LogP contribution in [0, 0.1) is 0 Å². The third-order valence-corrected chi connectivity index (χ3v) is 3.23. The normalized spacial score (nSPS) is 19.0. The second kappa shape index (κ2) is 6.38. The summed E-state index contributed by atoms with van der Waals surface area (Å²) in [6.07, 6.45) is 1.70. The topological polar surface area (TPSA) is 41.6 Å². The van der Waals surface area contributed by atoms with Crippen LogP contribution in [0.25, 0.3) is 0 Å². The van der Waals surface area contributed by atoms with E-state index in [1.807, 2.05) is 29.2 Å². The fraction of sp³-hybridized carbons (Fsp3) is 0.400. The molecule has 0 radical (unpaired) electrons. The quantitative estimate of drug-likeness (QED) is 0.838. The fourth-order valence-corrected chi connectivity index (χ4v) is 2.16. The first-order valence-corrected chi connectivity index (χ1v) is 6.58. The first-order chi connectivity index (χ1) is 9.22. The van der Waals surface area contributed by atoms with Crippen molar-refractivity contribution in [2.75, 3.05) is 26.2 Å². The summed E-state index contributed by atoms with van der Waals surface area (Å²) in [6.45, 7) is 8.60. The predicted molar refractivity (Wildman–Crippen MR) is 75.5 cm³/mol. The molecule has 0 saturated carbocycles. The van der Waals surface area contributed by atoms with Crippen molar-refractivity contribution in [1.29, 1.82) is 0 Å². The van der Waals surface area contributed by atoms with Gasteiger partial charge < -0.3 is 15.0 Å². The summed E-state index contributed by atoms with van der Waals surface area (Å²) in [6, 6.07) is 7.51. The van der Waals surface area contributed by atoms with Gasteiger partial charge in [-0.2, -0.15) is 0 Å². The van der Waals surface area contributed by atoms with E-state index in [1.54, 1.807) is 6.08 Å². The van der Waals surface area contributed by atoms with Crippen LogP contribution in [0.5, 0.6) is 5.75 Å². The minimum absolute atomic E-state index is 0.0873. The van der Waals surface area contributed by atoms with Gasteiger partial charge in [-0.05, 0) is 31.2 Å². The number of rotatable bonds is 4. The number of carbonyl (C=O) groups is 1. The van der Waals surface area contributed by atoms with Gasteiger partial charge in [-0.1, -0.05) is 12.7 Å². The molecule has 1 fully saturated rings. The summed E-state index contributed by atoms with van der Waals surface area (Å²) in [4.78, 5) is 14.3. The van der Waals surface area contributed by atoms with E-state index in [1.165, 1.54) is 0 Å². The van der Waals surface area contributed by atoms with E-state index in [2.05, 4.69) is 18.8 Å². The zero-order valence-corrected chi connectivity index (χ0v) is 11.3. The van der Waals surface area contributed by atoms with Crippen LogP contribution in [0.15, 0.2) is 36.9 Å². The number of amides is 1. The van der Waals surface area contributed by atoms with Crippen molar-refractivity contribution in [2.45, 2.75) is 13.0 Å². The smallest absolute Gasteiger partial charge is 0.254 e. The Hall–Kier alpha value is -1.81. The molecule has 0 aromatic heterocycles. The molecule has 1 heterocycles. The van der Waals surface area contributed by atoms with E-state index in [4.69, 9.17) is 4.74 Å². The molecule has 1 saturated heterocycles. The van der Waals surface area contributed by atoms with E-state index in [0.717, 1.165) is 25.4 Å². The summed E-state index contributed by atoms with van der Waals surface area (Å²) < 4.78 is 5.40. The van der Waals surface area contributed by atoms with Gasteiger partial charge in [0.2, 0.25) is 0 Å². The van der Waals surface area contributed by atoms with Crippen molar-refractivity contribution in [1.82, 2.24) is 10.2 Å². The largest absolute Gasteiger partial charge is 0.490 e. The van der Waals surface area contributed by atoms with Crippen molar-refractivity contribution >= 4 is 5.91 Å². The van der Waals surface area contributed by atoms with E-state index in [0.29, 0.717) is 12.2 Å². The minimum atomic E-state index is 0.0873. The fourth-order valence-electron chi connectivity index (χ4n) is 2.16. The van der Waals surface area contributed by atoms with Gasteiger partial charge in [0, 0.05) is 31.2 Å². The van der Waals surface area contributed by atoms with E-state index < -0.39 is 0 Å². The summed E-state index contributed by atoms with van der Waals surface area (Å²) in [5.41, 5.74) is 0.708. The first kappa shape index (κ1) is 13.6. The number of hydrogen-bond donors (Lipinski definition) is 1. The van der Waals surface area contributed by atoms with Crippen LogP contribution in [0.4, 0.5) is 0 Å². The van der Waals surface area contributed by atoms with Crippen LogP contribution in [-0.2, 0) is 0 Å². The lowest BCUT2D eigenvalue weighted by atomic mass is 10.1. The molecule has 4 heteroatoms. The third-order valence-electron chi connectivity index (χ3n) is 3.23. The van der Waals surface area contributed by atoms with Crippen LogP contribution in [0.1, 0.15) is 17.3 Å². The maximum atomic E-state index is 12.4. The highest BCUT2D eigenvalue weighted by molar-refractivity contribution is 5.94. The minimum Gasteiger partial charge on any atom is -0.490 e. The number of carbonyl (C=O) groups excluding carboxylic acids is 1. The molecule has 1 atom stereocenters. The Kier molecular flexibility index (Phi) is 4.58. The highest BCUT2D eigenvalue weighted by Crippen LogP contribution is 2.15. The Balaban J connectivity index is 2.04. The van der Waals surface area contributed by atoms with E-state index in [-0.39, 0.29) is 11.9 Å². The lowest BCUT2D eigenvalue weighted by Gasteiger charge is -2.34. The Morgan fingerprint density at radius 1 is 1.53 bits per heavy atom. The van der Waals surface area contributed by atoms with Crippen LogP contribution in [-0.4, -0.2) is 43.1 Å². The molecule has 1 N–H and O–H groups in total. The molecule has 1 amide bonds. The molecule has 2 rings (SSSR count). The lowest BCUT2D eigenvalue weighted by Crippen LogP contribution is -2.52. The van der Waals surface area contributed by atoms with Gasteiger partial charge in [0.25, 0.3) is 5.91 Å². The second-order valence-corrected chi connectivity index (χ2v) is 4.68. The van der Waals surface area contributed by atoms with Crippen LogP contribution in [0.2, 0.25) is 0 Å². The Bertz CT molecular complexity index is 442. The van der Waals surface area contributed by atoms with Gasteiger partial charge >= 0.3 is 0 Å². The van der Waals surface area contributed by atoms with Gasteiger partial charge in [0.1, 0.15) is 12.4 Å². The van der Waals surface area contributed by atoms with Crippen molar-refractivity contribution < 1.29 is 9.53 Å². The second-order valence-electron chi connectivity index (χ2n) is 4.68. The van der Waals surface area contributed by atoms with Gasteiger partial charge in [-0.15, -0.1) is 0 Å². The Morgan fingerprint density at radius 2 is 2.26 bits per heavy atom. The number of nitrogens with one attached hydrogen (secondary N) is 1. The molecule has 1 aliphatic rings.